The second-order valence-corrected chi connectivity index (χ2v) is 1.69. The summed E-state index contributed by atoms with van der Waals surface area (Å²) >= 11 is 0. The van der Waals surface area contributed by atoms with E-state index >= 15 is 0 Å². The maximum absolute atomic E-state index is 10.1. The molecule has 0 heterocycles. The Labute approximate surface area is 54.5 Å². The van der Waals surface area contributed by atoms with Crippen molar-refractivity contribution in [1.29, 1.82) is 0 Å². The van der Waals surface area contributed by atoms with Gasteiger partial charge < -0.3 is 10.5 Å². The van der Waals surface area contributed by atoms with E-state index < -0.39 is 0 Å². The SMILES string of the molecule is CO/C(C)=C/CC(N)=O. The summed E-state index contributed by atoms with van der Waals surface area (Å²) in [7, 11) is 1.55. The number of carbonyl (C=O) groups excluding carboxylic acids is 1. The summed E-state index contributed by atoms with van der Waals surface area (Å²) in [6, 6.07) is 0. The number of ether oxygens (including phenoxy) is 1. The Bertz CT molecular complexity index is 129. The average Bonchev–Trinajstić information content (AvgIpc) is 1.83. The molecule has 0 aromatic heterocycles. The minimum atomic E-state index is -0.341. The highest BCUT2D eigenvalue weighted by Crippen LogP contribution is 1.93. The van der Waals surface area contributed by atoms with Crippen molar-refractivity contribution >= 4 is 5.91 Å². The molecule has 1 amide bonds. The van der Waals surface area contributed by atoms with Gasteiger partial charge in [0.15, 0.2) is 0 Å². The highest BCUT2D eigenvalue weighted by Gasteiger charge is 1.89. The van der Waals surface area contributed by atoms with E-state index in [4.69, 9.17) is 10.5 Å². The van der Waals surface area contributed by atoms with E-state index in [1.807, 2.05) is 0 Å². The third-order valence-electron chi connectivity index (χ3n) is 0.913. The number of hydrogen-bond donors (Lipinski definition) is 1. The standard InChI is InChI=1S/C6H11NO2/c1-5(9-2)3-4-6(7)8/h3H,4H2,1-2H3,(H2,7,8)/b5-3+. The molecule has 0 fully saturated rings. The van der Waals surface area contributed by atoms with Gasteiger partial charge in [-0.15, -0.1) is 0 Å². The minimum absolute atomic E-state index is 0.250. The molecule has 0 aromatic rings. The summed E-state index contributed by atoms with van der Waals surface area (Å²) < 4.78 is 4.75. The number of primary amides is 1. The lowest BCUT2D eigenvalue weighted by molar-refractivity contribution is -0.117. The molecule has 0 aliphatic carbocycles. The highest BCUT2D eigenvalue weighted by atomic mass is 16.5. The number of methoxy groups -OCH3 is 1. The fourth-order valence-electron chi connectivity index (χ4n) is 0.328. The van der Waals surface area contributed by atoms with E-state index in [1.54, 1.807) is 20.1 Å². The van der Waals surface area contributed by atoms with Gasteiger partial charge in [0.05, 0.1) is 12.9 Å². The van der Waals surface area contributed by atoms with Crippen molar-refractivity contribution in [1.82, 2.24) is 0 Å². The first-order valence-electron chi connectivity index (χ1n) is 2.66. The molecule has 3 nitrogen and oxygen atoms in total. The normalized spacial score (nSPS) is 11.1. The Hall–Kier alpha value is -0.990. The molecule has 0 unspecified atom stereocenters. The molecular formula is C6H11NO2. The molecule has 0 aliphatic heterocycles. The van der Waals surface area contributed by atoms with Crippen LogP contribution >= 0.6 is 0 Å². The van der Waals surface area contributed by atoms with Gasteiger partial charge in [-0.3, -0.25) is 4.79 Å². The number of carbonyl (C=O) groups is 1. The lowest BCUT2D eigenvalue weighted by Crippen LogP contribution is -2.08. The Morgan fingerprint density at radius 2 is 2.33 bits per heavy atom. The molecule has 0 aromatic carbocycles. The third-order valence-corrected chi connectivity index (χ3v) is 0.913. The Morgan fingerprint density at radius 1 is 1.78 bits per heavy atom. The van der Waals surface area contributed by atoms with Gasteiger partial charge in [0, 0.05) is 6.42 Å². The van der Waals surface area contributed by atoms with Crippen LogP contribution in [0.25, 0.3) is 0 Å². The van der Waals surface area contributed by atoms with E-state index in [9.17, 15) is 4.79 Å². The van der Waals surface area contributed by atoms with Crippen molar-refractivity contribution < 1.29 is 9.53 Å². The largest absolute Gasteiger partial charge is 0.502 e. The second kappa shape index (κ2) is 3.95. The van der Waals surface area contributed by atoms with Crippen molar-refractivity contribution in [3.8, 4) is 0 Å². The molecule has 0 bridgehead atoms. The summed E-state index contributed by atoms with van der Waals surface area (Å²) in [5.41, 5.74) is 4.86. The second-order valence-electron chi connectivity index (χ2n) is 1.69. The van der Waals surface area contributed by atoms with E-state index in [-0.39, 0.29) is 12.3 Å². The van der Waals surface area contributed by atoms with E-state index in [1.165, 1.54) is 0 Å². The lowest BCUT2D eigenvalue weighted by Gasteiger charge is -1.95. The first-order chi connectivity index (χ1) is 4.16. The molecule has 0 saturated carbocycles. The molecule has 0 radical (unpaired) electrons. The number of hydrogen-bond acceptors (Lipinski definition) is 2. The Balaban J connectivity index is 3.56. The van der Waals surface area contributed by atoms with Crippen molar-refractivity contribution in [3.63, 3.8) is 0 Å². The predicted octanol–water partition coefficient (Wildman–Crippen LogP) is 0.412. The number of amides is 1. The van der Waals surface area contributed by atoms with Crippen LogP contribution in [0.15, 0.2) is 11.8 Å². The zero-order valence-electron chi connectivity index (χ0n) is 5.68. The molecular weight excluding hydrogens is 118 g/mol. The lowest BCUT2D eigenvalue weighted by atomic mass is 10.3. The minimum Gasteiger partial charge on any atom is -0.502 e. The van der Waals surface area contributed by atoms with Gasteiger partial charge in [0.25, 0.3) is 0 Å². The first-order valence-corrected chi connectivity index (χ1v) is 2.66. The molecule has 2 N–H and O–H groups in total. The Morgan fingerprint density at radius 3 is 2.67 bits per heavy atom. The molecule has 0 atom stereocenters. The molecule has 0 spiro atoms. The van der Waals surface area contributed by atoms with Gasteiger partial charge in [0.2, 0.25) is 5.91 Å². The number of rotatable bonds is 3. The van der Waals surface area contributed by atoms with Crippen LogP contribution in [0.4, 0.5) is 0 Å². The van der Waals surface area contributed by atoms with Crippen molar-refractivity contribution in [2.45, 2.75) is 13.3 Å². The molecule has 0 aliphatic rings. The molecule has 9 heavy (non-hydrogen) atoms. The van der Waals surface area contributed by atoms with E-state index in [0.29, 0.717) is 5.76 Å². The van der Waals surface area contributed by atoms with E-state index in [2.05, 4.69) is 0 Å². The van der Waals surface area contributed by atoms with Crippen LogP contribution in [-0.2, 0) is 9.53 Å². The fourth-order valence-corrected chi connectivity index (χ4v) is 0.328. The van der Waals surface area contributed by atoms with Gasteiger partial charge in [-0.25, -0.2) is 0 Å². The fraction of sp³-hybridized carbons (Fsp3) is 0.500. The van der Waals surface area contributed by atoms with Gasteiger partial charge in [-0.1, -0.05) is 0 Å². The van der Waals surface area contributed by atoms with E-state index in [0.717, 1.165) is 0 Å². The topological polar surface area (TPSA) is 52.3 Å². The zero-order valence-corrected chi connectivity index (χ0v) is 5.68. The van der Waals surface area contributed by atoms with Gasteiger partial charge >= 0.3 is 0 Å². The monoisotopic (exact) mass is 129 g/mol. The quantitative estimate of drug-likeness (QED) is 0.561. The van der Waals surface area contributed by atoms with Crippen LogP contribution in [0, 0.1) is 0 Å². The summed E-state index contributed by atoms with van der Waals surface area (Å²) in [4.78, 5) is 10.1. The van der Waals surface area contributed by atoms with Gasteiger partial charge in [0.1, 0.15) is 0 Å². The third kappa shape index (κ3) is 4.87. The van der Waals surface area contributed by atoms with Crippen LogP contribution in [0.3, 0.4) is 0 Å². The molecule has 0 rings (SSSR count). The molecule has 0 saturated heterocycles. The summed E-state index contributed by atoms with van der Waals surface area (Å²) in [5, 5.41) is 0. The smallest absolute Gasteiger partial charge is 0.221 e. The van der Waals surface area contributed by atoms with Crippen LogP contribution in [0.1, 0.15) is 13.3 Å². The maximum atomic E-state index is 10.1. The number of allylic oxidation sites excluding steroid dienone is 1. The molecule has 52 valence electrons. The van der Waals surface area contributed by atoms with Gasteiger partial charge in [-0.05, 0) is 13.0 Å². The summed E-state index contributed by atoms with van der Waals surface area (Å²) in [6.07, 6.45) is 1.89. The van der Waals surface area contributed by atoms with Crippen molar-refractivity contribution in [3.05, 3.63) is 11.8 Å². The van der Waals surface area contributed by atoms with Crippen molar-refractivity contribution in [2.75, 3.05) is 7.11 Å². The van der Waals surface area contributed by atoms with Crippen LogP contribution in [0.5, 0.6) is 0 Å². The maximum Gasteiger partial charge on any atom is 0.221 e. The highest BCUT2D eigenvalue weighted by molar-refractivity contribution is 5.75. The average molecular weight is 129 g/mol. The van der Waals surface area contributed by atoms with Crippen LogP contribution in [0.2, 0.25) is 0 Å². The number of nitrogens with two attached hydrogens (primary N) is 1. The Kier molecular flexibility index (Phi) is 3.51. The predicted molar refractivity (Wildman–Crippen MR) is 34.6 cm³/mol. The summed E-state index contributed by atoms with van der Waals surface area (Å²) in [6.45, 7) is 1.77. The van der Waals surface area contributed by atoms with Crippen molar-refractivity contribution in [2.24, 2.45) is 5.73 Å². The first kappa shape index (κ1) is 8.01. The zero-order chi connectivity index (χ0) is 7.28. The van der Waals surface area contributed by atoms with Crippen LogP contribution < -0.4 is 5.73 Å². The van der Waals surface area contributed by atoms with Crippen LogP contribution in [-0.4, -0.2) is 13.0 Å². The molecule has 3 heteroatoms. The van der Waals surface area contributed by atoms with Gasteiger partial charge in [-0.2, -0.15) is 0 Å². The summed E-state index contributed by atoms with van der Waals surface area (Å²) in [5.74, 6) is 0.375.